The molecule has 1 amide bonds. The molecule has 144 valence electrons. The predicted octanol–water partition coefficient (Wildman–Crippen LogP) is 3.16. The highest BCUT2D eigenvalue weighted by Crippen LogP contribution is 2.23. The second-order valence-corrected chi connectivity index (χ2v) is 8.03. The molecule has 1 fully saturated rings. The zero-order valence-corrected chi connectivity index (χ0v) is 17.5. The molecule has 0 spiro atoms. The molecule has 0 radical (unpaired) electrons. The molecule has 0 bridgehead atoms. The Balaban J connectivity index is 1.53. The monoisotopic (exact) mass is 432 g/mol. The highest BCUT2D eigenvalue weighted by atomic mass is 79.9. The molecule has 0 unspecified atom stereocenters. The van der Waals surface area contributed by atoms with Gasteiger partial charge in [-0.3, -0.25) is 9.78 Å². The van der Waals surface area contributed by atoms with Crippen LogP contribution < -0.4 is 15.5 Å². The van der Waals surface area contributed by atoms with E-state index in [0.717, 1.165) is 47.6 Å². The predicted molar refractivity (Wildman–Crippen MR) is 110 cm³/mol. The van der Waals surface area contributed by atoms with Gasteiger partial charge < -0.3 is 15.5 Å². The third-order valence-electron chi connectivity index (χ3n) is 4.66. The molecule has 1 aliphatic rings. The fourth-order valence-corrected chi connectivity index (χ4v) is 3.62. The fraction of sp³-hybridized carbons (Fsp3) is 0.474. The summed E-state index contributed by atoms with van der Waals surface area (Å²) < 4.78 is 0.806. The molecule has 0 aromatic carbocycles. The van der Waals surface area contributed by atoms with Gasteiger partial charge in [0.15, 0.2) is 0 Å². The van der Waals surface area contributed by atoms with Crippen molar-refractivity contribution in [2.24, 2.45) is 0 Å². The highest BCUT2D eigenvalue weighted by molar-refractivity contribution is 9.10. The van der Waals surface area contributed by atoms with Gasteiger partial charge in [-0.2, -0.15) is 0 Å². The summed E-state index contributed by atoms with van der Waals surface area (Å²) in [6, 6.07) is 4.31. The van der Waals surface area contributed by atoms with E-state index < -0.39 is 0 Å². The molecular weight excluding hydrogens is 408 g/mol. The van der Waals surface area contributed by atoms with E-state index in [0.29, 0.717) is 11.6 Å². The molecule has 1 saturated carbocycles. The Hall–Kier alpha value is -2.22. The first-order valence-corrected chi connectivity index (χ1v) is 9.91. The second-order valence-electron chi connectivity index (χ2n) is 7.11. The first kappa shape index (κ1) is 19.5. The maximum atomic E-state index is 12.4. The van der Waals surface area contributed by atoms with E-state index in [1.807, 2.05) is 32.0 Å². The molecular formula is C19H25BrN6O. The average molecular weight is 433 g/mol. The molecule has 2 aromatic heterocycles. The van der Waals surface area contributed by atoms with Crippen molar-refractivity contribution in [1.82, 2.24) is 20.3 Å². The van der Waals surface area contributed by atoms with Crippen molar-refractivity contribution in [2.45, 2.75) is 44.7 Å². The van der Waals surface area contributed by atoms with Crippen molar-refractivity contribution in [3.63, 3.8) is 0 Å². The Labute approximate surface area is 168 Å². The first-order chi connectivity index (χ1) is 12.9. The number of pyridine rings is 1. The van der Waals surface area contributed by atoms with Gasteiger partial charge in [0.2, 0.25) is 0 Å². The van der Waals surface area contributed by atoms with Crippen molar-refractivity contribution in [3.8, 4) is 0 Å². The number of carbonyl (C=O) groups excluding carboxylic acids is 1. The SMILES string of the molecule is Cc1nc(N[C@H]2CC[C@@H](NC(=O)c3cncc(Br)c3)CC2)cc(N(C)C)n1. The van der Waals surface area contributed by atoms with Crippen molar-refractivity contribution in [2.75, 3.05) is 24.3 Å². The minimum atomic E-state index is -0.0674. The van der Waals surface area contributed by atoms with E-state index in [1.165, 1.54) is 0 Å². The van der Waals surface area contributed by atoms with Gasteiger partial charge >= 0.3 is 0 Å². The number of amides is 1. The number of anilines is 2. The van der Waals surface area contributed by atoms with Crippen molar-refractivity contribution < 1.29 is 4.79 Å². The van der Waals surface area contributed by atoms with Crippen molar-refractivity contribution in [1.29, 1.82) is 0 Å². The summed E-state index contributed by atoms with van der Waals surface area (Å²) in [5, 5.41) is 6.64. The smallest absolute Gasteiger partial charge is 0.253 e. The van der Waals surface area contributed by atoms with Gasteiger partial charge in [-0.1, -0.05) is 0 Å². The number of hydrogen-bond acceptors (Lipinski definition) is 6. The minimum absolute atomic E-state index is 0.0674. The van der Waals surface area contributed by atoms with E-state index in [9.17, 15) is 4.79 Å². The van der Waals surface area contributed by atoms with Crippen LogP contribution in [0.5, 0.6) is 0 Å². The molecule has 0 saturated heterocycles. The van der Waals surface area contributed by atoms with Gasteiger partial charge in [0.05, 0.1) is 5.56 Å². The van der Waals surface area contributed by atoms with Crippen LogP contribution >= 0.6 is 15.9 Å². The Morgan fingerprint density at radius 1 is 1.11 bits per heavy atom. The number of aromatic nitrogens is 3. The summed E-state index contributed by atoms with van der Waals surface area (Å²) in [6.45, 7) is 1.90. The van der Waals surface area contributed by atoms with Gasteiger partial charge in [-0.05, 0) is 54.6 Å². The maximum absolute atomic E-state index is 12.4. The van der Waals surface area contributed by atoms with Crippen LogP contribution in [0.25, 0.3) is 0 Å². The van der Waals surface area contributed by atoms with Crippen LogP contribution in [0.1, 0.15) is 41.9 Å². The number of hydrogen-bond donors (Lipinski definition) is 2. The lowest BCUT2D eigenvalue weighted by atomic mass is 9.91. The van der Waals surface area contributed by atoms with E-state index in [2.05, 4.69) is 41.5 Å². The Morgan fingerprint density at radius 3 is 2.48 bits per heavy atom. The number of nitrogens with zero attached hydrogens (tertiary/aromatic N) is 4. The minimum Gasteiger partial charge on any atom is -0.367 e. The molecule has 2 aromatic rings. The first-order valence-electron chi connectivity index (χ1n) is 9.11. The van der Waals surface area contributed by atoms with Crippen LogP contribution in [0.4, 0.5) is 11.6 Å². The van der Waals surface area contributed by atoms with Crippen LogP contribution in [0.2, 0.25) is 0 Å². The highest BCUT2D eigenvalue weighted by Gasteiger charge is 2.23. The third-order valence-corrected chi connectivity index (χ3v) is 5.10. The molecule has 2 heterocycles. The summed E-state index contributed by atoms with van der Waals surface area (Å²) in [6.07, 6.45) is 7.12. The van der Waals surface area contributed by atoms with Crippen LogP contribution in [-0.4, -0.2) is 47.0 Å². The van der Waals surface area contributed by atoms with E-state index >= 15 is 0 Å². The summed E-state index contributed by atoms with van der Waals surface area (Å²) in [5.41, 5.74) is 0.581. The molecule has 1 aliphatic carbocycles. The lowest BCUT2D eigenvalue weighted by molar-refractivity contribution is 0.0926. The zero-order chi connectivity index (χ0) is 19.4. The summed E-state index contributed by atoms with van der Waals surface area (Å²) in [5.74, 6) is 2.45. The molecule has 8 heteroatoms. The summed E-state index contributed by atoms with van der Waals surface area (Å²) in [4.78, 5) is 27.3. The zero-order valence-electron chi connectivity index (χ0n) is 15.9. The topological polar surface area (TPSA) is 83.0 Å². The van der Waals surface area contributed by atoms with Crippen LogP contribution in [0, 0.1) is 6.92 Å². The number of carbonyl (C=O) groups is 1. The van der Waals surface area contributed by atoms with Crippen LogP contribution in [0.3, 0.4) is 0 Å². The maximum Gasteiger partial charge on any atom is 0.253 e. The van der Waals surface area contributed by atoms with E-state index in [-0.39, 0.29) is 11.9 Å². The van der Waals surface area contributed by atoms with Gasteiger partial charge in [0, 0.05) is 49.1 Å². The van der Waals surface area contributed by atoms with Crippen molar-refractivity contribution in [3.05, 3.63) is 40.4 Å². The number of aryl methyl sites for hydroxylation is 1. The number of nitrogens with one attached hydrogen (secondary N) is 2. The Bertz CT molecular complexity index is 805. The van der Waals surface area contributed by atoms with Gasteiger partial charge in [0.25, 0.3) is 5.91 Å². The van der Waals surface area contributed by atoms with Crippen molar-refractivity contribution >= 4 is 33.5 Å². The Morgan fingerprint density at radius 2 is 1.81 bits per heavy atom. The summed E-state index contributed by atoms with van der Waals surface area (Å²) >= 11 is 3.35. The Kier molecular flexibility index (Phi) is 6.26. The second kappa shape index (κ2) is 8.65. The lowest BCUT2D eigenvalue weighted by Gasteiger charge is -2.30. The third kappa shape index (κ3) is 5.38. The van der Waals surface area contributed by atoms with Gasteiger partial charge in [0.1, 0.15) is 17.5 Å². The standard InChI is InChI=1S/C19H25BrN6O/c1-12-22-17(9-18(23-12)26(2)3)24-15-4-6-16(7-5-15)25-19(27)13-8-14(20)11-21-10-13/h8-11,15-16H,4-7H2,1-3H3,(H,25,27)(H,22,23,24)/t15-,16+. The quantitative estimate of drug-likeness (QED) is 0.754. The number of rotatable bonds is 5. The molecule has 3 rings (SSSR count). The normalized spacial score (nSPS) is 19.4. The number of halogens is 1. The van der Waals surface area contributed by atoms with E-state index in [4.69, 9.17) is 0 Å². The molecule has 2 N–H and O–H groups in total. The van der Waals surface area contributed by atoms with Gasteiger partial charge in [-0.25, -0.2) is 9.97 Å². The van der Waals surface area contributed by atoms with Crippen LogP contribution in [0.15, 0.2) is 29.0 Å². The molecule has 7 nitrogen and oxygen atoms in total. The lowest BCUT2D eigenvalue weighted by Crippen LogP contribution is -2.40. The average Bonchev–Trinajstić information content (AvgIpc) is 2.63. The fourth-order valence-electron chi connectivity index (χ4n) is 3.25. The van der Waals surface area contributed by atoms with Gasteiger partial charge in [-0.15, -0.1) is 0 Å². The van der Waals surface area contributed by atoms with Crippen LogP contribution in [-0.2, 0) is 0 Å². The summed E-state index contributed by atoms with van der Waals surface area (Å²) in [7, 11) is 3.94. The molecule has 0 atom stereocenters. The largest absolute Gasteiger partial charge is 0.367 e. The molecule has 0 aliphatic heterocycles. The molecule has 27 heavy (non-hydrogen) atoms. The van der Waals surface area contributed by atoms with E-state index in [1.54, 1.807) is 18.5 Å².